The number of hydrogen-bond acceptors (Lipinski definition) is 5. The normalized spacial score (nSPS) is 17.2. The summed E-state index contributed by atoms with van der Waals surface area (Å²) in [6.45, 7) is 0. The average Bonchev–Trinajstić information content (AvgIpc) is 2.65. The van der Waals surface area contributed by atoms with E-state index in [1.807, 2.05) is 17.1 Å². The molecule has 0 atom stereocenters. The minimum atomic E-state index is 0.0576. The molecule has 4 nitrogen and oxygen atoms in total. The highest BCUT2D eigenvalue weighted by Gasteiger charge is 2.16. The van der Waals surface area contributed by atoms with Gasteiger partial charge in [-0.1, -0.05) is 0 Å². The Morgan fingerprint density at radius 3 is 2.94 bits per heavy atom. The SMILES string of the molecule is Nc1nc(CC(=O)NC2CCSCC2)cs1. The fourth-order valence-electron chi connectivity index (χ4n) is 1.69. The van der Waals surface area contributed by atoms with Crippen LogP contribution in [0.4, 0.5) is 5.13 Å². The minimum absolute atomic E-state index is 0.0576. The lowest BCUT2D eigenvalue weighted by molar-refractivity contribution is -0.121. The Morgan fingerprint density at radius 1 is 1.56 bits per heavy atom. The van der Waals surface area contributed by atoms with Crippen LogP contribution >= 0.6 is 23.1 Å². The van der Waals surface area contributed by atoms with Crippen molar-refractivity contribution in [1.82, 2.24) is 10.3 Å². The second-order valence-electron chi connectivity index (χ2n) is 3.81. The van der Waals surface area contributed by atoms with Gasteiger partial charge in [0.25, 0.3) is 0 Å². The van der Waals surface area contributed by atoms with Crippen molar-refractivity contribution in [2.24, 2.45) is 0 Å². The molecule has 3 N–H and O–H groups in total. The molecule has 1 aromatic heterocycles. The number of thioether (sulfide) groups is 1. The summed E-state index contributed by atoms with van der Waals surface area (Å²) >= 11 is 3.33. The number of nitrogens with zero attached hydrogens (tertiary/aromatic N) is 1. The zero-order valence-electron chi connectivity index (χ0n) is 8.94. The number of aromatic nitrogens is 1. The monoisotopic (exact) mass is 257 g/mol. The van der Waals surface area contributed by atoms with E-state index in [4.69, 9.17) is 5.73 Å². The lowest BCUT2D eigenvalue weighted by Crippen LogP contribution is -2.38. The number of nitrogens with one attached hydrogen (secondary N) is 1. The molecule has 0 unspecified atom stereocenters. The summed E-state index contributed by atoms with van der Waals surface area (Å²) in [4.78, 5) is 15.8. The first-order valence-electron chi connectivity index (χ1n) is 5.31. The van der Waals surface area contributed by atoms with Gasteiger partial charge in [-0.25, -0.2) is 4.98 Å². The Kier molecular flexibility index (Phi) is 4.06. The maximum Gasteiger partial charge on any atom is 0.226 e. The van der Waals surface area contributed by atoms with Gasteiger partial charge in [0.15, 0.2) is 5.13 Å². The van der Waals surface area contributed by atoms with Crippen molar-refractivity contribution < 1.29 is 4.79 Å². The summed E-state index contributed by atoms with van der Waals surface area (Å²) in [6, 6.07) is 0.352. The summed E-state index contributed by atoms with van der Waals surface area (Å²) in [5.74, 6) is 2.35. The summed E-state index contributed by atoms with van der Waals surface area (Å²) in [5.41, 5.74) is 6.28. The van der Waals surface area contributed by atoms with Crippen LogP contribution in [0.1, 0.15) is 18.5 Å². The molecule has 0 spiro atoms. The van der Waals surface area contributed by atoms with Crippen LogP contribution in [0.5, 0.6) is 0 Å². The van der Waals surface area contributed by atoms with E-state index in [9.17, 15) is 4.79 Å². The zero-order chi connectivity index (χ0) is 11.4. The lowest BCUT2D eigenvalue weighted by Gasteiger charge is -2.22. The minimum Gasteiger partial charge on any atom is -0.375 e. The van der Waals surface area contributed by atoms with Crippen molar-refractivity contribution in [2.75, 3.05) is 17.2 Å². The van der Waals surface area contributed by atoms with E-state index in [-0.39, 0.29) is 5.91 Å². The Bertz CT molecular complexity index is 361. The molecule has 1 fully saturated rings. The van der Waals surface area contributed by atoms with Gasteiger partial charge < -0.3 is 11.1 Å². The second-order valence-corrected chi connectivity index (χ2v) is 5.92. The summed E-state index contributed by atoms with van der Waals surface area (Å²) in [5, 5.41) is 5.41. The number of carbonyl (C=O) groups is 1. The number of amides is 1. The number of nitrogen functional groups attached to an aromatic ring is 1. The smallest absolute Gasteiger partial charge is 0.226 e. The molecule has 16 heavy (non-hydrogen) atoms. The molecule has 0 saturated carbocycles. The number of anilines is 1. The van der Waals surface area contributed by atoms with Crippen LogP contribution in [0.15, 0.2) is 5.38 Å². The van der Waals surface area contributed by atoms with Crippen LogP contribution in [0.25, 0.3) is 0 Å². The molecule has 2 heterocycles. The first kappa shape index (κ1) is 11.7. The van der Waals surface area contributed by atoms with Gasteiger partial charge in [0.05, 0.1) is 12.1 Å². The van der Waals surface area contributed by atoms with Crippen LogP contribution < -0.4 is 11.1 Å². The van der Waals surface area contributed by atoms with E-state index in [1.165, 1.54) is 11.3 Å². The summed E-state index contributed by atoms with van der Waals surface area (Å²) < 4.78 is 0. The van der Waals surface area contributed by atoms with E-state index in [2.05, 4.69) is 10.3 Å². The standard InChI is InChI=1S/C10H15N3OS2/c11-10-13-8(6-16-10)5-9(14)12-7-1-3-15-4-2-7/h6-7H,1-5H2,(H2,11,13)(H,12,14). The van der Waals surface area contributed by atoms with E-state index in [0.29, 0.717) is 17.6 Å². The van der Waals surface area contributed by atoms with Gasteiger partial charge in [0.2, 0.25) is 5.91 Å². The molecular weight excluding hydrogens is 242 g/mol. The molecule has 1 aliphatic heterocycles. The third-order valence-electron chi connectivity index (χ3n) is 2.50. The molecule has 0 radical (unpaired) electrons. The van der Waals surface area contributed by atoms with Crippen molar-refractivity contribution in [2.45, 2.75) is 25.3 Å². The third-order valence-corrected chi connectivity index (χ3v) is 4.27. The van der Waals surface area contributed by atoms with Gasteiger partial charge in [0, 0.05) is 11.4 Å². The Morgan fingerprint density at radius 2 is 2.31 bits per heavy atom. The van der Waals surface area contributed by atoms with Gasteiger partial charge in [-0.3, -0.25) is 4.79 Å². The van der Waals surface area contributed by atoms with E-state index < -0.39 is 0 Å². The molecule has 1 aromatic rings. The van der Waals surface area contributed by atoms with Crippen LogP contribution in [-0.4, -0.2) is 28.4 Å². The predicted molar refractivity (Wildman–Crippen MR) is 68.7 cm³/mol. The molecule has 0 aliphatic carbocycles. The Hall–Kier alpha value is -0.750. The van der Waals surface area contributed by atoms with Gasteiger partial charge in [0.1, 0.15) is 0 Å². The number of carbonyl (C=O) groups excluding carboxylic acids is 1. The average molecular weight is 257 g/mol. The van der Waals surface area contributed by atoms with E-state index >= 15 is 0 Å². The summed E-state index contributed by atoms with van der Waals surface area (Å²) in [7, 11) is 0. The first-order chi connectivity index (χ1) is 7.74. The highest BCUT2D eigenvalue weighted by Crippen LogP contribution is 2.17. The van der Waals surface area contributed by atoms with Crippen molar-refractivity contribution in [3.05, 3.63) is 11.1 Å². The Labute approximate surface area is 103 Å². The van der Waals surface area contributed by atoms with Crippen molar-refractivity contribution in [3.8, 4) is 0 Å². The molecule has 88 valence electrons. The fraction of sp³-hybridized carbons (Fsp3) is 0.600. The van der Waals surface area contributed by atoms with Gasteiger partial charge in [-0.05, 0) is 24.3 Å². The Balaban J connectivity index is 1.79. The number of thiazole rings is 1. The first-order valence-corrected chi connectivity index (χ1v) is 7.34. The van der Waals surface area contributed by atoms with Crippen molar-refractivity contribution >= 4 is 34.1 Å². The molecule has 1 saturated heterocycles. The van der Waals surface area contributed by atoms with Crippen LogP contribution in [0.3, 0.4) is 0 Å². The topological polar surface area (TPSA) is 68.0 Å². The van der Waals surface area contributed by atoms with E-state index in [0.717, 1.165) is 30.0 Å². The lowest BCUT2D eigenvalue weighted by atomic mass is 10.1. The van der Waals surface area contributed by atoms with E-state index in [1.54, 1.807) is 0 Å². The highest BCUT2D eigenvalue weighted by molar-refractivity contribution is 7.99. The van der Waals surface area contributed by atoms with Crippen LogP contribution in [0, 0.1) is 0 Å². The number of hydrogen-bond donors (Lipinski definition) is 2. The van der Waals surface area contributed by atoms with Gasteiger partial charge >= 0.3 is 0 Å². The molecule has 0 bridgehead atoms. The quantitative estimate of drug-likeness (QED) is 0.856. The van der Waals surface area contributed by atoms with Crippen LogP contribution in [-0.2, 0) is 11.2 Å². The largest absolute Gasteiger partial charge is 0.375 e. The number of nitrogens with two attached hydrogens (primary N) is 1. The molecule has 1 amide bonds. The molecule has 0 aromatic carbocycles. The maximum atomic E-state index is 11.7. The second kappa shape index (κ2) is 5.54. The van der Waals surface area contributed by atoms with Crippen molar-refractivity contribution in [3.63, 3.8) is 0 Å². The van der Waals surface area contributed by atoms with Crippen molar-refractivity contribution in [1.29, 1.82) is 0 Å². The van der Waals surface area contributed by atoms with Crippen LogP contribution in [0.2, 0.25) is 0 Å². The molecular formula is C10H15N3OS2. The number of rotatable bonds is 3. The fourth-order valence-corrected chi connectivity index (χ4v) is 3.36. The van der Waals surface area contributed by atoms with Gasteiger partial charge in [-0.2, -0.15) is 11.8 Å². The predicted octanol–water partition coefficient (Wildman–Crippen LogP) is 1.28. The molecule has 6 heteroatoms. The highest BCUT2D eigenvalue weighted by atomic mass is 32.2. The molecule has 2 rings (SSSR count). The molecule has 1 aliphatic rings. The van der Waals surface area contributed by atoms with Gasteiger partial charge in [-0.15, -0.1) is 11.3 Å². The maximum absolute atomic E-state index is 11.7. The summed E-state index contributed by atoms with van der Waals surface area (Å²) in [6.07, 6.45) is 2.50. The third kappa shape index (κ3) is 3.38. The zero-order valence-corrected chi connectivity index (χ0v) is 10.6.